The van der Waals surface area contributed by atoms with Crippen LogP contribution in [-0.2, 0) is 10.0 Å². The lowest BCUT2D eigenvalue weighted by atomic mass is 10.2. The molecule has 0 saturated carbocycles. The number of halogens is 2. The van der Waals surface area contributed by atoms with Gasteiger partial charge in [-0.15, -0.1) is 0 Å². The number of para-hydroxylation sites is 1. The fourth-order valence-electron chi connectivity index (χ4n) is 1.58. The third kappa shape index (κ3) is 3.16. The van der Waals surface area contributed by atoms with Gasteiger partial charge in [0.15, 0.2) is 0 Å². The zero-order chi connectivity index (χ0) is 15.6. The molecule has 2 aromatic carbocycles. The number of benzene rings is 2. The Bertz CT molecular complexity index is 806. The van der Waals surface area contributed by atoms with Crippen molar-refractivity contribution in [3.8, 4) is 0 Å². The van der Waals surface area contributed by atoms with Gasteiger partial charge in [-0.3, -0.25) is 4.72 Å². The van der Waals surface area contributed by atoms with Gasteiger partial charge in [0.05, 0.1) is 16.1 Å². The molecule has 0 aliphatic rings. The molecule has 8 heteroatoms. The van der Waals surface area contributed by atoms with Crippen LogP contribution >= 0.6 is 0 Å². The molecule has 0 atom stereocenters. The molecule has 2 N–H and O–H groups in total. The number of carboxylic acid groups (broad SMARTS) is 1. The van der Waals surface area contributed by atoms with E-state index in [1.54, 1.807) is 0 Å². The number of nitrogens with one attached hydrogen (secondary N) is 1. The second kappa shape index (κ2) is 5.49. The van der Waals surface area contributed by atoms with E-state index in [2.05, 4.69) is 0 Å². The first-order chi connectivity index (χ1) is 9.81. The largest absolute Gasteiger partial charge is 0.478 e. The highest BCUT2D eigenvalue weighted by molar-refractivity contribution is 7.92. The van der Waals surface area contributed by atoms with Crippen LogP contribution < -0.4 is 4.72 Å². The lowest BCUT2D eigenvalue weighted by molar-refractivity contribution is 0.0691. The lowest BCUT2D eigenvalue weighted by Gasteiger charge is -2.09. The van der Waals surface area contributed by atoms with E-state index in [1.165, 1.54) is 18.2 Å². The number of aromatic carboxylic acids is 1. The van der Waals surface area contributed by atoms with Gasteiger partial charge in [-0.25, -0.2) is 22.0 Å². The quantitative estimate of drug-likeness (QED) is 0.908. The van der Waals surface area contributed by atoms with Gasteiger partial charge in [0.2, 0.25) is 0 Å². The Kier molecular flexibility index (Phi) is 3.90. The topological polar surface area (TPSA) is 83.5 Å². The number of sulfonamides is 1. The van der Waals surface area contributed by atoms with E-state index in [4.69, 9.17) is 5.11 Å². The zero-order valence-corrected chi connectivity index (χ0v) is 11.2. The highest BCUT2D eigenvalue weighted by atomic mass is 32.2. The molecule has 0 bridgehead atoms. The Hall–Kier alpha value is -2.48. The molecule has 110 valence electrons. The average Bonchev–Trinajstić information content (AvgIpc) is 2.41. The van der Waals surface area contributed by atoms with Crippen molar-refractivity contribution in [1.82, 2.24) is 0 Å². The number of rotatable bonds is 4. The molecule has 0 aromatic heterocycles. The van der Waals surface area contributed by atoms with Crippen LogP contribution in [0.1, 0.15) is 10.4 Å². The third-order valence-corrected chi connectivity index (χ3v) is 3.96. The van der Waals surface area contributed by atoms with Gasteiger partial charge in [-0.1, -0.05) is 12.1 Å². The molecule has 2 aromatic rings. The molecule has 0 aliphatic carbocycles. The van der Waals surface area contributed by atoms with Gasteiger partial charge in [0.1, 0.15) is 11.6 Å². The van der Waals surface area contributed by atoms with Crippen LogP contribution in [0.3, 0.4) is 0 Å². The minimum Gasteiger partial charge on any atom is -0.478 e. The fraction of sp³-hybridized carbons (Fsp3) is 0. The highest BCUT2D eigenvalue weighted by Crippen LogP contribution is 2.20. The summed E-state index contributed by atoms with van der Waals surface area (Å²) in [6.45, 7) is 0. The number of hydrogen-bond donors (Lipinski definition) is 2. The number of carbonyl (C=O) groups is 1. The van der Waals surface area contributed by atoms with Crippen molar-refractivity contribution >= 4 is 21.7 Å². The number of anilines is 1. The standard InChI is InChI=1S/C13H9F2NO4S/c14-10-6-5-8(7-9(10)13(17)18)21(19,20)16-12-4-2-1-3-11(12)15/h1-7,16H,(H,17,18). The van der Waals surface area contributed by atoms with Crippen LogP contribution in [0.15, 0.2) is 47.4 Å². The van der Waals surface area contributed by atoms with Crippen LogP contribution in [0.2, 0.25) is 0 Å². The van der Waals surface area contributed by atoms with Crippen LogP contribution in [0, 0.1) is 11.6 Å². The van der Waals surface area contributed by atoms with Crippen molar-refractivity contribution in [2.45, 2.75) is 4.90 Å². The SMILES string of the molecule is O=C(O)c1cc(S(=O)(=O)Nc2ccccc2F)ccc1F. The van der Waals surface area contributed by atoms with Crippen molar-refractivity contribution < 1.29 is 27.1 Å². The number of carboxylic acids is 1. The molecule has 5 nitrogen and oxygen atoms in total. The van der Waals surface area contributed by atoms with Crippen molar-refractivity contribution in [3.05, 3.63) is 59.7 Å². The predicted octanol–water partition coefficient (Wildman–Crippen LogP) is 2.46. The summed E-state index contributed by atoms with van der Waals surface area (Å²) in [4.78, 5) is 10.3. The fourth-order valence-corrected chi connectivity index (χ4v) is 2.68. The summed E-state index contributed by atoms with van der Waals surface area (Å²) in [6.07, 6.45) is 0. The summed E-state index contributed by atoms with van der Waals surface area (Å²) < 4.78 is 52.7. The Morgan fingerprint density at radius 1 is 1.05 bits per heavy atom. The van der Waals surface area contributed by atoms with Crippen molar-refractivity contribution in [3.63, 3.8) is 0 Å². The molecule has 0 aliphatic heterocycles. The second-order valence-electron chi connectivity index (χ2n) is 4.03. The summed E-state index contributed by atoms with van der Waals surface area (Å²) in [5.74, 6) is -3.45. The normalized spacial score (nSPS) is 11.1. The van der Waals surface area contributed by atoms with E-state index in [0.717, 1.165) is 18.2 Å². The zero-order valence-electron chi connectivity index (χ0n) is 10.4. The molecule has 2 rings (SSSR count). The molecular weight excluding hydrogens is 304 g/mol. The summed E-state index contributed by atoms with van der Waals surface area (Å²) in [7, 11) is -4.23. The summed E-state index contributed by atoms with van der Waals surface area (Å²) in [5, 5.41) is 8.77. The van der Waals surface area contributed by atoms with Gasteiger partial charge < -0.3 is 5.11 Å². The van der Waals surface area contributed by atoms with E-state index in [-0.39, 0.29) is 5.69 Å². The predicted molar refractivity (Wildman–Crippen MR) is 70.6 cm³/mol. The van der Waals surface area contributed by atoms with E-state index in [9.17, 15) is 22.0 Å². The van der Waals surface area contributed by atoms with E-state index in [1.807, 2.05) is 4.72 Å². The smallest absolute Gasteiger partial charge is 0.338 e. The summed E-state index contributed by atoms with van der Waals surface area (Å²) in [6, 6.07) is 7.35. The van der Waals surface area contributed by atoms with Crippen LogP contribution in [0.5, 0.6) is 0 Å². The lowest BCUT2D eigenvalue weighted by Crippen LogP contribution is -2.15. The molecule has 21 heavy (non-hydrogen) atoms. The Labute approximate surface area is 118 Å². The third-order valence-electron chi connectivity index (χ3n) is 2.60. The summed E-state index contributed by atoms with van der Waals surface area (Å²) in [5.41, 5.74) is -1.08. The van der Waals surface area contributed by atoms with Crippen LogP contribution in [0.25, 0.3) is 0 Å². The van der Waals surface area contributed by atoms with Crippen molar-refractivity contribution in [1.29, 1.82) is 0 Å². The maximum atomic E-state index is 13.4. The van der Waals surface area contributed by atoms with Crippen molar-refractivity contribution in [2.24, 2.45) is 0 Å². The first-order valence-electron chi connectivity index (χ1n) is 5.61. The molecule has 0 heterocycles. The Morgan fingerprint density at radius 2 is 1.71 bits per heavy atom. The van der Waals surface area contributed by atoms with Gasteiger partial charge in [-0.05, 0) is 30.3 Å². The van der Waals surface area contributed by atoms with E-state index >= 15 is 0 Å². The minimum atomic E-state index is -4.23. The van der Waals surface area contributed by atoms with Gasteiger partial charge >= 0.3 is 5.97 Å². The van der Waals surface area contributed by atoms with Gasteiger partial charge in [-0.2, -0.15) is 0 Å². The monoisotopic (exact) mass is 313 g/mol. The summed E-state index contributed by atoms with van der Waals surface area (Å²) >= 11 is 0. The van der Waals surface area contributed by atoms with Crippen LogP contribution in [0.4, 0.5) is 14.5 Å². The molecule has 0 saturated heterocycles. The molecule has 0 unspecified atom stereocenters. The average molecular weight is 313 g/mol. The number of hydrogen-bond acceptors (Lipinski definition) is 3. The van der Waals surface area contributed by atoms with Gasteiger partial charge in [0, 0.05) is 0 Å². The maximum absolute atomic E-state index is 13.4. The van der Waals surface area contributed by atoms with Crippen LogP contribution in [-0.4, -0.2) is 19.5 Å². The molecule has 0 radical (unpaired) electrons. The van der Waals surface area contributed by atoms with Gasteiger partial charge in [0.25, 0.3) is 10.0 Å². The molecular formula is C13H9F2NO4S. The Balaban J connectivity index is 2.43. The molecule has 0 spiro atoms. The van der Waals surface area contributed by atoms with E-state index < -0.39 is 38.1 Å². The first kappa shape index (κ1) is 14.9. The second-order valence-corrected chi connectivity index (χ2v) is 5.71. The first-order valence-corrected chi connectivity index (χ1v) is 7.10. The Morgan fingerprint density at radius 3 is 2.33 bits per heavy atom. The van der Waals surface area contributed by atoms with E-state index in [0.29, 0.717) is 6.07 Å². The molecule has 0 amide bonds. The molecule has 0 fully saturated rings. The maximum Gasteiger partial charge on any atom is 0.338 e. The minimum absolute atomic E-state index is 0.293. The van der Waals surface area contributed by atoms with Crippen molar-refractivity contribution in [2.75, 3.05) is 4.72 Å². The highest BCUT2D eigenvalue weighted by Gasteiger charge is 2.20.